The van der Waals surface area contributed by atoms with Crippen LogP contribution in [-0.4, -0.2) is 61.8 Å². The predicted octanol–water partition coefficient (Wildman–Crippen LogP) is 3.09. The van der Waals surface area contributed by atoms with E-state index in [1.165, 1.54) is 4.90 Å². The minimum absolute atomic E-state index is 0.119. The van der Waals surface area contributed by atoms with Crippen molar-refractivity contribution in [2.24, 2.45) is 0 Å². The van der Waals surface area contributed by atoms with E-state index in [1.54, 1.807) is 36.5 Å². The number of furan rings is 1. The monoisotopic (exact) mass is 480 g/mol. The van der Waals surface area contributed by atoms with E-state index >= 15 is 0 Å². The first-order valence-electron chi connectivity index (χ1n) is 11.3. The summed E-state index contributed by atoms with van der Waals surface area (Å²) in [7, 11) is 1.55. The van der Waals surface area contributed by atoms with Crippen molar-refractivity contribution in [3.05, 3.63) is 78.3 Å². The van der Waals surface area contributed by atoms with E-state index in [9.17, 15) is 9.59 Å². The maximum Gasteiger partial charge on any atom is 0.261 e. The van der Waals surface area contributed by atoms with E-state index in [1.807, 2.05) is 42.5 Å². The van der Waals surface area contributed by atoms with Crippen LogP contribution < -0.4 is 14.2 Å². The van der Waals surface area contributed by atoms with Crippen LogP contribution in [0.3, 0.4) is 0 Å². The number of ether oxygens (including phenoxy) is 4. The number of benzene rings is 2. The number of para-hydroxylation sites is 1. The van der Waals surface area contributed by atoms with E-state index in [0.717, 1.165) is 5.56 Å². The van der Waals surface area contributed by atoms with Crippen LogP contribution in [0.15, 0.2) is 71.3 Å². The molecule has 184 valence electrons. The van der Waals surface area contributed by atoms with Crippen LogP contribution in [0.5, 0.6) is 17.2 Å². The average molecular weight is 481 g/mol. The molecule has 35 heavy (non-hydrogen) atoms. The van der Waals surface area contributed by atoms with Crippen LogP contribution in [0.4, 0.5) is 0 Å². The first-order chi connectivity index (χ1) is 17.1. The Morgan fingerprint density at radius 1 is 0.914 bits per heavy atom. The number of rotatable bonds is 12. The maximum absolute atomic E-state index is 13.4. The third kappa shape index (κ3) is 6.77. The molecule has 1 aromatic heterocycles. The zero-order valence-electron chi connectivity index (χ0n) is 19.6. The highest BCUT2D eigenvalue weighted by Gasteiger charge is 2.24. The Morgan fingerprint density at radius 2 is 1.74 bits per heavy atom. The molecule has 2 heterocycles. The lowest BCUT2D eigenvalue weighted by Gasteiger charge is -2.27. The Morgan fingerprint density at radius 3 is 2.51 bits per heavy atom. The summed E-state index contributed by atoms with van der Waals surface area (Å²) in [5, 5.41) is 0. The number of hydrogen-bond acceptors (Lipinski definition) is 7. The molecule has 1 aliphatic heterocycles. The molecule has 0 bridgehead atoms. The smallest absolute Gasteiger partial charge is 0.261 e. The van der Waals surface area contributed by atoms with Crippen molar-refractivity contribution in [3.8, 4) is 17.2 Å². The van der Waals surface area contributed by atoms with Gasteiger partial charge in [0.2, 0.25) is 12.7 Å². The lowest BCUT2D eigenvalue weighted by molar-refractivity contribution is -0.143. The minimum atomic E-state index is -0.305. The normalized spacial score (nSPS) is 11.8. The summed E-state index contributed by atoms with van der Waals surface area (Å²) in [4.78, 5) is 29.4. The number of amides is 2. The van der Waals surface area contributed by atoms with Crippen LogP contribution in [0.25, 0.3) is 0 Å². The third-order valence-electron chi connectivity index (χ3n) is 5.44. The van der Waals surface area contributed by atoms with Crippen LogP contribution >= 0.6 is 0 Å². The summed E-state index contributed by atoms with van der Waals surface area (Å²) in [6, 6.07) is 18.2. The molecule has 9 heteroatoms. The second-order valence-corrected chi connectivity index (χ2v) is 7.93. The molecular formula is C26H28N2O7. The Labute approximate surface area is 203 Å². The van der Waals surface area contributed by atoms with Gasteiger partial charge in [-0.15, -0.1) is 0 Å². The van der Waals surface area contributed by atoms with Crippen molar-refractivity contribution < 1.29 is 33.0 Å². The summed E-state index contributed by atoms with van der Waals surface area (Å²) >= 11 is 0. The van der Waals surface area contributed by atoms with Gasteiger partial charge in [0.25, 0.3) is 5.91 Å². The van der Waals surface area contributed by atoms with Gasteiger partial charge in [-0.1, -0.05) is 24.3 Å². The highest BCUT2D eigenvalue weighted by molar-refractivity contribution is 5.85. The zero-order chi connectivity index (χ0) is 24.5. The first kappa shape index (κ1) is 24.2. The quantitative estimate of drug-likeness (QED) is 0.393. The van der Waals surface area contributed by atoms with Crippen molar-refractivity contribution in [1.29, 1.82) is 0 Å². The van der Waals surface area contributed by atoms with Gasteiger partial charge >= 0.3 is 0 Å². The molecule has 0 radical (unpaired) electrons. The molecule has 0 saturated carbocycles. The van der Waals surface area contributed by atoms with Crippen molar-refractivity contribution in [2.45, 2.75) is 13.1 Å². The fourth-order valence-corrected chi connectivity index (χ4v) is 3.59. The summed E-state index contributed by atoms with van der Waals surface area (Å²) in [5.74, 6) is 2.00. The molecule has 0 atom stereocenters. The number of carbonyl (C=O) groups excluding carboxylic acids is 2. The molecule has 1 aliphatic rings. The molecule has 0 aliphatic carbocycles. The standard InChI is InChI=1S/C26H28N2O7/c1-31-13-11-27(26(30)18-33-21-6-3-2-4-7-21)17-25(29)28(16-22-8-5-12-32-22)15-20-9-10-23-24(14-20)35-19-34-23/h2-10,12,14H,11,13,15-19H2,1H3. The number of methoxy groups -OCH3 is 1. The molecule has 4 rings (SSSR count). The van der Waals surface area contributed by atoms with Crippen LogP contribution in [-0.2, 0) is 27.4 Å². The van der Waals surface area contributed by atoms with Crippen LogP contribution in [0.2, 0.25) is 0 Å². The highest BCUT2D eigenvalue weighted by Crippen LogP contribution is 2.33. The molecule has 2 aromatic carbocycles. The van der Waals surface area contributed by atoms with E-state index < -0.39 is 0 Å². The molecule has 0 N–H and O–H groups in total. The molecule has 0 saturated heterocycles. The van der Waals surface area contributed by atoms with Gasteiger partial charge in [-0.2, -0.15) is 0 Å². The van der Waals surface area contributed by atoms with Crippen molar-refractivity contribution in [3.63, 3.8) is 0 Å². The Kier molecular flexibility index (Phi) is 8.24. The van der Waals surface area contributed by atoms with Gasteiger partial charge in [0.15, 0.2) is 18.1 Å². The topological polar surface area (TPSA) is 90.7 Å². The number of hydrogen-bond donors (Lipinski definition) is 0. The third-order valence-corrected chi connectivity index (χ3v) is 5.44. The Bertz CT molecular complexity index is 1100. The zero-order valence-corrected chi connectivity index (χ0v) is 19.6. The maximum atomic E-state index is 13.4. The van der Waals surface area contributed by atoms with Gasteiger partial charge in [-0.25, -0.2) is 0 Å². The van der Waals surface area contributed by atoms with Crippen molar-refractivity contribution in [1.82, 2.24) is 9.80 Å². The fourth-order valence-electron chi connectivity index (χ4n) is 3.59. The number of carbonyl (C=O) groups is 2. The lowest BCUT2D eigenvalue weighted by Crippen LogP contribution is -2.45. The van der Waals surface area contributed by atoms with E-state index in [-0.39, 0.29) is 44.8 Å². The SMILES string of the molecule is COCCN(CC(=O)N(Cc1ccc2c(c1)OCO2)Cc1ccco1)C(=O)COc1ccccc1. The summed E-state index contributed by atoms with van der Waals surface area (Å²) in [5.41, 5.74) is 0.872. The fraction of sp³-hybridized carbons (Fsp3) is 0.308. The lowest BCUT2D eigenvalue weighted by atomic mass is 10.2. The molecule has 3 aromatic rings. The van der Waals surface area contributed by atoms with Crippen LogP contribution in [0.1, 0.15) is 11.3 Å². The first-order valence-corrected chi connectivity index (χ1v) is 11.3. The minimum Gasteiger partial charge on any atom is -0.484 e. The van der Waals surface area contributed by atoms with E-state index in [2.05, 4.69) is 0 Å². The van der Waals surface area contributed by atoms with Gasteiger partial charge < -0.3 is 33.2 Å². The van der Waals surface area contributed by atoms with E-state index in [0.29, 0.717) is 36.2 Å². The summed E-state index contributed by atoms with van der Waals surface area (Å²) in [6.45, 7) is 1.00. The summed E-state index contributed by atoms with van der Waals surface area (Å²) < 4.78 is 27.1. The summed E-state index contributed by atoms with van der Waals surface area (Å²) in [6.07, 6.45) is 1.56. The predicted molar refractivity (Wildman–Crippen MR) is 126 cm³/mol. The molecular weight excluding hydrogens is 452 g/mol. The van der Waals surface area contributed by atoms with Gasteiger partial charge in [-0.05, 0) is 42.0 Å². The average Bonchev–Trinajstić information content (AvgIpc) is 3.57. The Balaban J connectivity index is 1.45. The number of fused-ring (bicyclic) bond motifs is 1. The molecule has 0 fully saturated rings. The molecule has 2 amide bonds. The molecule has 0 unspecified atom stereocenters. The molecule has 0 spiro atoms. The second kappa shape index (κ2) is 11.9. The van der Waals surface area contributed by atoms with Gasteiger partial charge in [-0.3, -0.25) is 9.59 Å². The van der Waals surface area contributed by atoms with Crippen LogP contribution in [0, 0.1) is 0 Å². The van der Waals surface area contributed by atoms with Gasteiger partial charge in [0, 0.05) is 20.2 Å². The van der Waals surface area contributed by atoms with Crippen molar-refractivity contribution in [2.75, 3.05) is 40.2 Å². The molecule has 9 nitrogen and oxygen atoms in total. The largest absolute Gasteiger partial charge is 0.484 e. The van der Waals surface area contributed by atoms with Gasteiger partial charge in [0.05, 0.1) is 26.0 Å². The van der Waals surface area contributed by atoms with Gasteiger partial charge in [0.1, 0.15) is 11.5 Å². The van der Waals surface area contributed by atoms with E-state index in [4.69, 9.17) is 23.4 Å². The van der Waals surface area contributed by atoms with Crippen molar-refractivity contribution >= 4 is 11.8 Å². The Hall–Kier alpha value is -3.98. The number of nitrogens with zero attached hydrogens (tertiary/aromatic N) is 2. The highest BCUT2D eigenvalue weighted by atomic mass is 16.7. The second-order valence-electron chi connectivity index (χ2n) is 7.93.